The Kier molecular flexibility index (Phi) is 1.61. The molecule has 1 aliphatic rings. The molecular weight excluding hydrogens is 154 g/mol. The third-order valence-electron chi connectivity index (χ3n) is 1.22. The lowest BCUT2D eigenvalue weighted by molar-refractivity contribution is -0.171. The van der Waals surface area contributed by atoms with E-state index in [4.69, 9.17) is 5.11 Å². The molecule has 1 atom stereocenters. The van der Waals surface area contributed by atoms with Gasteiger partial charge in [0.2, 0.25) is 5.91 Å². The molecular formula is C5H4NO5. The van der Waals surface area contributed by atoms with Crippen LogP contribution >= 0.6 is 0 Å². The number of rotatable bonds is 2. The molecule has 0 aromatic rings. The van der Waals surface area contributed by atoms with Crippen LogP contribution in [-0.2, 0) is 19.1 Å². The molecule has 1 radical (unpaired) electrons. The lowest BCUT2D eigenvalue weighted by Crippen LogP contribution is -2.40. The number of carbonyl (C=O) groups excluding carboxylic acids is 3. The van der Waals surface area contributed by atoms with Crippen molar-refractivity contribution in [1.82, 2.24) is 5.32 Å². The van der Waals surface area contributed by atoms with Crippen LogP contribution in [0.5, 0.6) is 0 Å². The fraction of sp³-hybridized carbons (Fsp3) is 0.400. The Morgan fingerprint density at radius 3 is 2.64 bits per heavy atom. The first kappa shape index (κ1) is 7.67. The molecule has 1 saturated heterocycles. The van der Waals surface area contributed by atoms with Crippen molar-refractivity contribution in [3.8, 4) is 0 Å². The van der Waals surface area contributed by atoms with Crippen molar-refractivity contribution in [3.63, 3.8) is 0 Å². The number of hydrogen-bond acceptors (Lipinski definition) is 5. The third kappa shape index (κ3) is 1.20. The summed E-state index contributed by atoms with van der Waals surface area (Å²) in [5, 5.41) is 10.8. The Labute approximate surface area is 61.1 Å². The van der Waals surface area contributed by atoms with Crippen LogP contribution < -0.4 is 5.32 Å². The van der Waals surface area contributed by atoms with Crippen LogP contribution in [0.3, 0.4) is 0 Å². The van der Waals surface area contributed by atoms with Crippen LogP contribution in [0.4, 0.5) is 0 Å². The largest absolute Gasteiger partial charge is 0.420 e. The lowest BCUT2D eigenvalue weighted by atomic mass is 10.2. The van der Waals surface area contributed by atoms with Crippen molar-refractivity contribution in [1.29, 1.82) is 0 Å². The van der Waals surface area contributed by atoms with Crippen molar-refractivity contribution >= 4 is 18.3 Å². The topological polar surface area (TPSA) is 92.7 Å². The van der Waals surface area contributed by atoms with Crippen molar-refractivity contribution in [2.24, 2.45) is 0 Å². The molecule has 1 unspecified atom stereocenters. The Bertz CT molecular complexity index is 225. The number of amides is 2. The second kappa shape index (κ2) is 2.31. The summed E-state index contributed by atoms with van der Waals surface area (Å²) >= 11 is 0. The molecule has 6 nitrogen and oxygen atoms in total. The molecule has 1 heterocycles. The van der Waals surface area contributed by atoms with Crippen LogP contribution in [0.2, 0.25) is 0 Å². The quantitative estimate of drug-likeness (QED) is 0.351. The smallest absolute Gasteiger partial charge is 0.414 e. The molecule has 0 bridgehead atoms. The first-order chi connectivity index (χ1) is 5.08. The highest BCUT2D eigenvalue weighted by Crippen LogP contribution is 2.16. The molecule has 1 fully saturated rings. The summed E-state index contributed by atoms with van der Waals surface area (Å²) in [7, 11) is 0. The molecule has 2 amide bonds. The monoisotopic (exact) mass is 158 g/mol. The van der Waals surface area contributed by atoms with Crippen LogP contribution in [0.15, 0.2) is 0 Å². The molecule has 0 spiro atoms. The van der Waals surface area contributed by atoms with Crippen molar-refractivity contribution < 1.29 is 24.2 Å². The van der Waals surface area contributed by atoms with E-state index in [1.165, 1.54) is 0 Å². The van der Waals surface area contributed by atoms with Gasteiger partial charge in [-0.3, -0.25) is 14.9 Å². The number of aliphatic hydroxyl groups is 1. The average molecular weight is 158 g/mol. The van der Waals surface area contributed by atoms with E-state index >= 15 is 0 Å². The van der Waals surface area contributed by atoms with Crippen LogP contribution in [0, 0.1) is 0 Å². The number of ether oxygens (including phenoxy) is 1. The summed E-state index contributed by atoms with van der Waals surface area (Å²) in [4.78, 5) is 30.7. The van der Waals surface area contributed by atoms with Gasteiger partial charge in [-0.25, -0.2) is 4.79 Å². The second-order valence-corrected chi connectivity index (χ2v) is 2.02. The second-order valence-electron chi connectivity index (χ2n) is 2.02. The van der Waals surface area contributed by atoms with Gasteiger partial charge >= 0.3 is 12.3 Å². The SMILES string of the molecule is O=[C]OC1(O)CC(=O)NC1=O. The Morgan fingerprint density at radius 1 is 1.64 bits per heavy atom. The van der Waals surface area contributed by atoms with Gasteiger partial charge in [0.15, 0.2) is 0 Å². The van der Waals surface area contributed by atoms with E-state index in [1.807, 2.05) is 0 Å². The average Bonchev–Trinajstić information content (AvgIpc) is 2.08. The van der Waals surface area contributed by atoms with Crippen molar-refractivity contribution in [3.05, 3.63) is 0 Å². The molecule has 6 heteroatoms. The van der Waals surface area contributed by atoms with Gasteiger partial charge in [0, 0.05) is 0 Å². The molecule has 0 aromatic heterocycles. The minimum Gasteiger partial charge on any atom is -0.414 e. The Morgan fingerprint density at radius 2 is 2.27 bits per heavy atom. The molecule has 2 N–H and O–H groups in total. The maximum Gasteiger partial charge on any atom is 0.420 e. The molecule has 0 saturated carbocycles. The zero-order valence-electron chi connectivity index (χ0n) is 5.29. The van der Waals surface area contributed by atoms with E-state index < -0.39 is 24.0 Å². The minimum atomic E-state index is -2.35. The van der Waals surface area contributed by atoms with E-state index in [0.717, 1.165) is 6.47 Å². The number of nitrogens with one attached hydrogen (secondary N) is 1. The number of carbonyl (C=O) groups is 2. The summed E-state index contributed by atoms with van der Waals surface area (Å²) < 4.78 is 3.89. The summed E-state index contributed by atoms with van der Waals surface area (Å²) in [5.41, 5.74) is 0. The van der Waals surface area contributed by atoms with E-state index in [1.54, 1.807) is 5.32 Å². The highest BCUT2D eigenvalue weighted by Gasteiger charge is 2.47. The molecule has 1 aliphatic heterocycles. The highest BCUT2D eigenvalue weighted by molar-refractivity contribution is 6.06. The predicted octanol–water partition coefficient (Wildman–Crippen LogP) is -2.19. The number of hydrogen-bond donors (Lipinski definition) is 2. The fourth-order valence-corrected chi connectivity index (χ4v) is 0.718. The molecule has 11 heavy (non-hydrogen) atoms. The van der Waals surface area contributed by atoms with Crippen molar-refractivity contribution in [2.45, 2.75) is 12.2 Å². The zero-order chi connectivity index (χ0) is 8.48. The third-order valence-corrected chi connectivity index (χ3v) is 1.22. The fourth-order valence-electron chi connectivity index (χ4n) is 0.718. The predicted molar refractivity (Wildman–Crippen MR) is 29.5 cm³/mol. The van der Waals surface area contributed by atoms with Gasteiger partial charge in [-0.05, 0) is 0 Å². The Balaban J connectivity index is 2.78. The van der Waals surface area contributed by atoms with Gasteiger partial charge < -0.3 is 9.84 Å². The molecule has 1 rings (SSSR count). The first-order valence-electron chi connectivity index (χ1n) is 2.70. The van der Waals surface area contributed by atoms with Gasteiger partial charge in [-0.1, -0.05) is 0 Å². The minimum absolute atomic E-state index is 0.568. The standard InChI is InChI=1S/C5H4NO5/c7-2-11-5(10)1-3(8)6-4(5)9/h10H,1H2,(H,6,8,9). The molecule has 0 aliphatic carbocycles. The van der Waals surface area contributed by atoms with Crippen LogP contribution in [0.25, 0.3) is 0 Å². The van der Waals surface area contributed by atoms with E-state index in [0.29, 0.717) is 0 Å². The van der Waals surface area contributed by atoms with Gasteiger partial charge in [0.05, 0.1) is 0 Å². The van der Waals surface area contributed by atoms with E-state index in [-0.39, 0.29) is 0 Å². The highest BCUT2D eigenvalue weighted by atomic mass is 16.7. The van der Waals surface area contributed by atoms with E-state index in [9.17, 15) is 14.4 Å². The maximum absolute atomic E-state index is 10.6. The van der Waals surface area contributed by atoms with Gasteiger partial charge in [0.1, 0.15) is 6.42 Å². The summed E-state index contributed by atoms with van der Waals surface area (Å²) in [6, 6.07) is 0. The summed E-state index contributed by atoms with van der Waals surface area (Å²) in [6.07, 6.45) is -0.568. The summed E-state index contributed by atoms with van der Waals surface area (Å²) in [6.45, 7) is 0.888. The van der Waals surface area contributed by atoms with Gasteiger partial charge in [-0.15, -0.1) is 0 Å². The molecule has 59 valence electrons. The summed E-state index contributed by atoms with van der Waals surface area (Å²) in [5.74, 6) is -4.07. The van der Waals surface area contributed by atoms with Crippen LogP contribution in [0.1, 0.15) is 6.42 Å². The molecule has 0 aromatic carbocycles. The van der Waals surface area contributed by atoms with Crippen LogP contribution in [-0.4, -0.2) is 29.2 Å². The first-order valence-corrected chi connectivity index (χ1v) is 2.70. The Hall–Kier alpha value is -1.43. The van der Waals surface area contributed by atoms with E-state index in [2.05, 4.69) is 4.74 Å². The number of imide groups is 1. The maximum atomic E-state index is 10.6. The normalized spacial score (nSPS) is 29.9. The van der Waals surface area contributed by atoms with Gasteiger partial charge in [-0.2, -0.15) is 0 Å². The van der Waals surface area contributed by atoms with Gasteiger partial charge in [0.25, 0.3) is 5.91 Å². The lowest BCUT2D eigenvalue weighted by Gasteiger charge is -2.13. The zero-order valence-corrected chi connectivity index (χ0v) is 5.29. The van der Waals surface area contributed by atoms with Crippen molar-refractivity contribution in [2.75, 3.05) is 0 Å².